The predicted molar refractivity (Wildman–Crippen MR) is 107 cm³/mol. The number of carbonyl (C=O) groups excluding carboxylic acids is 3. The molecule has 0 spiro atoms. The second-order valence-corrected chi connectivity index (χ2v) is 7.58. The van der Waals surface area contributed by atoms with Crippen LogP contribution < -0.4 is 4.90 Å². The summed E-state index contributed by atoms with van der Waals surface area (Å²) < 4.78 is 10.3. The van der Waals surface area contributed by atoms with Gasteiger partial charge in [-0.05, 0) is 31.5 Å². The summed E-state index contributed by atoms with van der Waals surface area (Å²) in [6.45, 7) is 4.23. The molecule has 1 aliphatic heterocycles. The fraction of sp³-hybridized carbons (Fsp3) is 0.381. The van der Waals surface area contributed by atoms with Crippen LogP contribution in [0.25, 0.3) is 5.76 Å². The average molecular weight is 416 g/mol. The van der Waals surface area contributed by atoms with Gasteiger partial charge in [-0.3, -0.25) is 9.59 Å². The molecule has 0 aromatic carbocycles. The molecule has 3 N–H and O–H groups in total. The first kappa shape index (κ1) is 21.4. The van der Waals surface area contributed by atoms with Gasteiger partial charge in [0, 0.05) is 11.3 Å². The van der Waals surface area contributed by atoms with Crippen molar-refractivity contribution in [1.29, 1.82) is 0 Å². The van der Waals surface area contributed by atoms with Gasteiger partial charge in [0.1, 0.15) is 23.3 Å². The van der Waals surface area contributed by atoms with Gasteiger partial charge in [0.2, 0.25) is 0 Å². The molecule has 0 radical (unpaired) electrons. The van der Waals surface area contributed by atoms with Crippen molar-refractivity contribution in [3.05, 3.63) is 52.2 Å². The Hall–Kier alpha value is -3.33. The molecule has 30 heavy (non-hydrogen) atoms. The van der Waals surface area contributed by atoms with Crippen molar-refractivity contribution in [3.63, 3.8) is 0 Å². The van der Waals surface area contributed by atoms with Crippen LogP contribution in [0.1, 0.15) is 39.1 Å². The number of carbonyl (C=O) groups is 3. The summed E-state index contributed by atoms with van der Waals surface area (Å²) >= 11 is 0. The number of rotatable bonds is 6. The quantitative estimate of drug-likeness (QED) is 0.274. The SMILES string of the molecule is COC(=O)c1[nH]c(C)c(/C(O)=C2\C(=O)C(=O)N(CC[NH+](C)C)[C@H]2c2ccco2)c1C. The Morgan fingerprint density at radius 1 is 1.33 bits per heavy atom. The Bertz CT molecular complexity index is 1020. The van der Waals surface area contributed by atoms with Gasteiger partial charge in [0.25, 0.3) is 11.7 Å². The minimum Gasteiger partial charge on any atom is -0.507 e. The van der Waals surface area contributed by atoms with E-state index in [2.05, 4.69) is 4.98 Å². The number of furan rings is 1. The van der Waals surface area contributed by atoms with Crippen molar-refractivity contribution in [2.75, 3.05) is 34.3 Å². The molecule has 3 rings (SSSR count). The van der Waals surface area contributed by atoms with Crippen molar-refractivity contribution in [1.82, 2.24) is 9.88 Å². The van der Waals surface area contributed by atoms with E-state index >= 15 is 0 Å². The molecule has 0 bridgehead atoms. The Morgan fingerprint density at radius 3 is 2.60 bits per heavy atom. The lowest BCUT2D eigenvalue weighted by atomic mass is 9.97. The van der Waals surface area contributed by atoms with Gasteiger partial charge < -0.3 is 29.0 Å². The van der Waals surface area contributed by atoms with Crippen molar-refractivity contribution >= 4 is 23.4 Å². The number of ether oxygens (including phenoxy) is 1. The van der Waals surface area contributed by atoms with Crippen LogP contribution >= 0.6 is 0 Å². The van der Waals surface area contributed by atoms with E-state index in [1.807, 2.05) is 14.1 Å². The predicted octanol–water partition coefficient (Wildman–Crippen LogP) is 0.577. The van der Waals surface area contributed by atoms with Crippen LogP contribution in [-0.2, 0) is 14.3 Å². The van der Waals surface area contributed by atoms with Gasteiger partial charge in [-0.25, -0.2) is 4.79 Å². The normalized spacial score (nSPS) is 18.5. The number of nitrogens with one attached hydrogen (secondary N) is 2. The number of esters is 1. The second-order valence-electron chi connectivity index (χ2n) is 7.58. The molecule has 9 heteroatoms. The fourth-order valence-corrected chi connectivity index (χ4v) is 3.74. The number of ketones is 1. The lowest BCUT2D eigenvalue weighted by Crippen LogP contribution is -3.06. The summed E-state index contributed by atoms with van der Waals surface area (Å²) in [7, 11) is 5.14. The zero-order chi connectivity index (χ0) is 22.2. The first-order chi connectivity index (χ1) is 14.2. The Balaban J connectivity index is 2.18. The lowest BCUT2D eigenvalue weighted by Gasteiger charge is -2.23. The molecule has 0 unspecified atom stereocenters. The number of hydrogen-bond acceptors (Lipinski definition) is 6. The van der Waals surface area contributed by atoms with E-state index in [-0.39, 0.29) is 17.0 Å². The molecule has 9 nitrogen and oxygen atoms in total. The number of nitrogens with zero attached hydrogens (tertiary/aromatic N) is 1. The number of likely N-dealkylation sites (N-methyl/N-ethyl adjacent to an activating group) is 1. The van der Waals surface area contributed by atoms with E-state index in [9.17, 15) is 19.5 Å². The molecule has 1 saturated heterocycles. The van der Waals surface area contributed by atoms with Crippen LogP contribution in [-0.4, -0.2) is 66.9 Å². The molecule has 0 aliphatic carbocycles. The topological polar surface area (TPSA) is 117 Å². The van der Waals surface area contributed by atoms with Crippen LogP contribution in [0.4, 0.5) is 0 Å². The first-order valence-electron chi connectivity index (χ1n) is 9.57. The highest BCUT2D eigenvalue weighted by atomic mass is 16.5. The highest BCUT2D eigenvalue weighted by Crippen LogP contribution is 2.40. The number of methoxy groups -OCH3 is 1. The van der Waals surface area contributed by atoms with Crippen LogP contribution in [0.5, 0.6) is 0 Å². The van der Waals surface area contributed by atoms with Gasteiger partial charge in [-0.1, -0.05) is 0 Å². The maximum atomic E-state index is 12.9. The van der Waals surface area contributed by atoms with E-state index in [0.717, 1.165) is 4.90 Å². The zero-order valence-electron chi connectivity index (χ0n) is 17.7. The van der Waals surface area contributed by atoms with Gasteiger partial charge in [0.15, 0.2) is 0 Å². The van der Waals surface area contributed by atoms with E-state index in [1.165, 1.54) is 18.3 Å². The number of Topliss-reactive ketones (excluding diaryl/α,β-unsaturated/α-hetero) is 1. The lowest BCUT2D eigenvalue weighted by molar-refractivity contribution is -0.857. The number of aromatic amines is 1. The standard InChI is InChI=1S/C21H25N3O6/c1-11-14(12(2)22-16(11)21(28)29-5)18(25)15-17(13-7-6-10-30-13)24(9-8-23(3)4)20(27)19(15)26/h6-7,10,17,22,25H,8-9H2,1-5H3/p+1/b18-15+/t17-/m0/s1. The molecule has 2 aromatic heterocycles. The third-order valence-corrected chi connectivity index (χ3v) is 5.27. The molecule has 1 aliphatic rings. The summed E-state index contributed by atoms with van der Waals surface area (Å²) in [5.41, 5.74) is 1.32. The number of aliphatic hydroxyl groups is 1. The van der Waals surface area contributed by atoms with Gasteiger partial charge >= 0.3 is 5.97 Å². The molecular weight excluding hydrogens is 390 g/mol. The number of hydrogen-bond donors (Lipinski definition) is 3. The number of aliphatic hydroxyl groups excluding tert-OH is 1. The summed E-state index contributed by atoms with van der Waals surface area (Å²) in [4.78, 5) is 43.2. The summed E-state index contributed by atoms with van der Waals surface area (Å²) in [5, 5.41) is 11.2. The molecule has 3 heterocycles. The summed E-state index contributed by atoms with van der Waals surface area (Å²) in [6, 6.07) is 2.47. The minimum atomic E-state index is -0.852. The van der Waals surface area contributed by atoms with Crippen molar-refractivity contribution < 1.29 is 33.5 Å². The largest absolute Gasteiger partial charge is 0.507 e. The third kappa shape index (κ3) is 3.52. The highest BCUT2D eigenvalue weighted by Gasteiger charge is 2.48. The Kier molecular flexibility index (Phi) is 5.84. The van der Waals surface area contributed by atoms with E-state index in [4.69, 9.17) is 9.15 Å². The highest BCUT2D eigenvalue weighted by molar-refractivity contribution is 6.46. The molecule has 1 atom stereocenters. The summed E-state index contributed by atoms with van der Waals surface area (Å²) in [5.74, 6) is -2.05. The molecule has 1 amide bonds. The molecule has 1 fully saturated rings. The van der Waals surface area contributed by atoms with Gasteiger partial charge in [0.05, 0.1) is 46.1 Å². The number of likely N-dealkylation sites (tertiary alicyclic amines) is 1. The third-order valence-electron chi connectivity index (χ3n) is 5.27. The number of aromatic nitrogens is 1. The fourth-order valence-electron chi connectivity index (χ4n) is 3.74. The van der Waals surface area contributed by atoms with Crippen LogP contribution in [0.3, 0.4) is 0 Å². The van der Waals surface area contributed by atoms with Crippen LogP contribution in [0.2, 0.25) is 0 Å². The number of aryl methyl sites for hydroxylation is 1. The van der Waals surface area contributed by atoms with Crippen LogP contribution in [0.15, 0.2) is 28.4 Å². The maximum absolute atomic E-state index is 12.9. The molecular formula is C21H26N3O6+. The Morgan fingerprint density at radius 2 is 2.03 bits per heavy atom. The van der Waals surface area contributed by atoms with Crippen LogP contribution in [0, 0.1) is 13.8 Å². The number of amides is 1. The summed E-state index contributed by atoms with van der Waals surface area (Å²) in [6.07, 6.45) is 1.45. The van der Waals surface area contributed by atoms with Gasteiger partial charge in [-0.2, -0.15) is 0 Å². The minimum absolute atomic E-state index is 0.0645. The molecule has 0 saturated carbocycles. The van der Waals surface area contributed by atoms with E-state index < -0.39 is 23.7 Å². The number of H-pyrrole nitrogens is 1. The second kappa shape index (κ2) is 8.19. The molecule has 2 aromatic rings. The Labute approximate surface area is 173 Å². The number of quaternary nitrogens is 1. The van der Waals surface area contributed by atoms with Gasteiger partial charge in [-0.15, -0.1) is 0 Å². The monoisotopic (exact) mass is 416 g/mol. The average Bonchev–Trinajstić information content (AvgIpc) is 3.38. The van der Waals surface area contributed by atoms with E-state index in [0.29, 0.717) is 35.7 Å². The van der Waals surface area contributed by atoms with Crippen molar-refractivity contribution in [2.45, 2.75) is 19.9 Å². The van der Waals surface area contributed by atoms with Crippen molar-refractivity contribution in [2.24, 2.45) is 0 Å². The zero-order valence-corrected chi connectivity index (χ0v) is 17.7. The van der Waals surface area contributed by atoms with Crippen molar-refractivity contribution in [3.8, 4) is 0 Å². The molecule has 160 valence electrons. The van der Waals surface area contributed by atoms with E-state index in [1.54, 1.807) is 26.0 Å². The maximum Gasteiger partial charge on any atom is 0.354 e. The smallest absolute Gasteiger partial charge is 0.354 e. The first-order valence-corrected chi connectivity index (χ1v) is 9.57.